The first-order valence-corrected chi connectivity index (χ1v) is 5.66. The summed E-state index contributed by atoms with van der Waals surface area (Å²) >= 11 is 0. The van der Waals surface area contributed by atoms with Crippen LogP contribution in [0, 0.1) is 0 Å². The molecule has 2 N–H and O–H groups in total. The number of hydrogen-bond acceptors (Lipinski definition) is 4. The predicted octanol–water partition coefficient (Wildman–Crippen LogP) is 1.28. The summed E-state index contributed by atoms with van der Waals surface area (Å²) in [5.41, 5.74) is 0. The number of nitrogens with zero attached hydrogens (tertiary/aromatic N) is 1. The van der Waals surface area contributed by atoms with Crippen molar-refractivity contribution < 1.29 is 4.74 Å². The van der Waals surface area contributed by atoms with Crippen LogP contribution in [0.15, 0.2) is 17.1 Å². The van der Waals surface area contributed by atoms with Crippen molar-refractivity contribution >= 4 is 29.9 Å². The maximum absolute atomic E-state index is 5.56. The first-order chi connectivity index (χ1) is 7.34. The van der Waals surface area contributed by atoms with E-state index in [1.54, 1.807) is 0 Å². The monoisotopic (exact) mass is 337 g/mol. The molecule has 2 heterocycles. The van der Waals surface area contributed by atoms with E-state index in [1.807, 2.05) is 0 Å². The highest BCUT2D eigenvalue weighted by atomic mass is 127. The van der Waals surface area contributed by atoms with E-state index in [1.165, 1.54) is 0 Å². The van der Waals surface area contributed by atoms with Crippen molar-refractivity contribution in [2.45, 2.75) is 31.9 Å². The smallest absolute Gasteiger partial charge is 0.191 e. The van der Waals surface area contributed by atoms with Gasteiger partial charge in [0.1, 0.15) is 0 Å². The molecular weight excluding hydrogens is 317 g/mol. The fraction of sp³-hybridized carbons (Fsp3) is 0.727. The topological polar surface area (TPSA) is 45.7 Å². The average molecular weight is 337 g/mol. The van der Waals surface area contributed by atoms with Gasteiger partial charge in [0.15, 0.2) is 5.96 Å². The highest BCUT2D eigenvalue weighted by Gasteiger charge is 2.13. The van der Waals surface area contributed by atoms with E-state index >= 15 is 0 Å². The lowest BCUT2D eigenvalue weighted by molar-refractivity contribution is 0.0710. The standard InChI is InChI=1S/C11H19N3O.HI/c1-9-5-6-12-11(14-9)13-8-10-4-2-3-7-15-10;/h2-3,9-10H,4-8H2,1H3,(H2,12,13,14);1H. The Hall–Kier alpha value is -0.300. The lowest BCUT2D eigenvalue weighted by atomic mass is 10.2. The van der Waals surface area contributed by atoms with Gasteiger partial charge in [-0.1, -0.05) is 12.2 Å². The highest BCUT2D eigenvalue weighted by Crippen LogP contribution is 2.05. The van der Waals surface area contributed by atoms with Crippen molar-refractivity contribution in [1.82, 2.24) is 10.6 Å². The maximum Gasteiger partial charge on any atom is 0.191 e. The van der Waals surface area contributed by atoms with E-state index in [2.05, 4.69) is 34.7 Å². The second-order valence-corrected chi connectivity index (χ2v) is 4.11. The van der Waals surface area contributed by atoms with E-state index in [0.29, 0.717) is 6.04 Å². The number of hydrogen-bond donors (Lipinski definition) is 2. The molecule has 0 aliphatic carbocycles. The second-order valence-electron chi connectivity index (χ2n) is 4.11. The maximum atomic E-state index is 5.56. The van der Waals surface area contributed by atoms with Crippen molar-refractivity contribution in [3.8, 4) is 0 Å². The molecule has 92 valence electrons. The summed E-state index contributed by atoms with van der Waals surface area (Å²) in [6.07, 6.45) is 6.64. The molecule has 0 bridgehead atoms. The van der Waals surface area contributed by atoms with Crippen LogP contribution in [0.25, 0.3) is 0 Å². The van der Waals surface area contributed by atoms with Gasteiger partial charge in [-0.25, -0.2) is 0 Å². The zero-order valence-electron chi connectivity index (χ0n) is 9.61. The third-order valence-corrected chi connectivity index (χ3v) is 2.71. The van der Waals surface area contributed by atoms with E-state index in [9.17, 15) is 0 Å². The molecule has 0 spiro atoms. The van der Waals surface area contributed by atoms with E-state index < -0.39 is 0 Å². The highest BCUT2D eigenvalue weighted by molar-refractivity contribution is 14.0. The Morgan fingerprint density at radius 3 is 3.12 bits per heavy atom. The van der Waals surface area contributed by atoms with Crippen LogP contribution < -0.4 is 10.6 Å². The van der Waals surface area contributed by atoms with Crippen molar-refractivity contribution in [2.75, 3.05) is 19.7 Å². The zero-order valence-corrected chi connectivity index (χ0v) is 11.9. The Bertz CT molecular complexity index is 268. The molecule has 0 aromatic rings. The summed E-state index contributed by atoms with van der Waals surface area (Å²) in [4.78, 5) is 4.39. The van der Waals surface area contributed by atoms with Crippen LogP contribution >= 0.6 is 24.0 Å². The molecule has 2 atom stereocenters. The first kappa shape index (κ1) is 13.8. The Balaban J connectivity index is 0.00000128. The lowest BCUT2D eigenvalue weighted by Crippen LogP contribution is -2.47. The van der Waals surface area contributed by atoms with Crippen molar-refractivity contribution in [1.29, 1.82) is 0 Å². The van der Waals surface area contributed by atoms with Gasteiger partial charge in [0.25, 0.3) is 0 Å². The van der Waals surface area contributed by atoms with Crippen LogP contribution in [0.1, 0.15) is 19.8 Å². The Morgan fingerprint density at radius 2 is 2.44 bits per heavy atom. The van der Waals surface area contributed by atoms with Gasteiger partial charge in [-0.2, -0.15) is 0 Å². The minimum atomic E-state index is 0. The largest absolute Gasteiger partial charge is 0.372 e. The Kier molecular flexibility index (Phi) is 6.12. The molecule has 0 aromatic heterocycles. The van der Waals surface area contributed by atoms with Crippen LogP contribution in [-0.4, -0.2) is 37.8 Å². The van der Waals surface area contributed by atoms with E-state index in [0.717, 1.165) is 38.5 Å². The Morgan fingerprint density at radius 1 is 1.56 bits per heavy atom. The third-order valence-electron chi connectivity index (χ3n) is 2.71. The van der Waals surface area contributed by atoms with E-state index in [-0.39, 0.29) is 30.1 Å². The van der Waals surface area contributed by atoms with Crippen LogP contribution in [-0.2, 0) is 4.74 Å². The number of guanidine groups is 1. The van der Waals surface area contributed by atoms with Gasteiger partial charge in [-0.3, -0.25) is 4.99 Å². The molecule has 2 unspecified atom stereocenters. The average Bonchev–Trinajstić information content (AvgIpc) is 2.28. The van der Waals surface area contributed by atoms with Crippen molar-refractivity contribution in [2.24, 2.45) is 4.99 Å². The molecule has 0 aromatic carbocycles. The molecule has 0 saturated carbocycles. The lowest BCUT2D eigenvalue weighted by Gasteiger charge is -2.25. The van der Waals surface area contributed by atoms with Gasteiger partial charge in [0.05, 0.1) is 12.7 Å². The van der Waals surface area contributed by atoms with Gasteiger partial charge in [0.2, 0.25) is 0 Å². The number of nitrogens with one attached hydrogen (secondary N) is 2. The molecule has 0 saturated heterocycles. The number of ether oxygens (including phenoxy) is 1. The van der Waals surface area contributed by atoms with Crippen LogP contribution in [0.4, 0.5) is 0 Å². The Labute approximate surface area is 114 Å². The molecule has 0 amide bonds. The van der Waals surface area contributed by atoms with Crippen LogP contribution in [0.2, 0.25) is 0 Å². The van der Waals surface area contributed by atoms with E-state index in [4.69, 9.17) is 4.74 Å². The van der Waals surface area contributed by atoms with Gasteiger partial charge in [0, 0.05) is 19.1 Å². The fourth-order valence-electron chi connectivity index (χ4n) is 1.76. The number of halogens is 1. The second kappa shape index (κ2) is 7.11. The molecule has 0 fully saturated rings. The molecule has 2 aliphatic heterocycles. The quantitative estimate of drug-likeness (QED) is 0.589. The van der Waals surface area contributed by atoms with Crippen LogP contribution in [0.3, 0.4) is 0 Å². The predicted molar refractivity (Wildman–Crippen MR) is 76.4 cm³/mol. The van der Waals surface area contributed by atoms with Crippen molar-refractivity contribution in [3.63, 3.8) is 0 Å². The summed E-state index contributed by atoms with van der Waals surface area (Å²) in [7, 11) is 0. The van der Waals surface area contributed by atoms with Gasteiger partial charge in [-0.05, 0) is 19.8 Å². The minimum absolute atomic E-state index is 0. The SMILES string of the molecule is CC1CCN=C(NCC2CC=CCO2)N1.I. The van der Waals surface area contributed by atoms with Gasteiger partial charge < -0.3 is 15.4 Å². The fourth-order valence-corrected chi connectivity index (χ4v) is 1.76. The molecule has 16 heavy (non-hydrogen) atoms. The van der Waals surface area contributed by atoms with Gasteiger partial charge >= 0.3 is 0 Å². The summed E-state index contributed by atoms with van der Waals surface area (Å²) in [5.74, 6) is 0.923. The molecule has 0 radical (unpaired) electrons. The molecule has 5 heteroatoms. The summed E-state index contributed by atoms with van der Waals surface area (Å²) in [6.45, 7) is 4.67. The van der Waals surface area contributed by atoms with Crippen molar-refractivity contribution in [3.05, 3.63) is 12.2 Å². The summed E-state index contributed by atoms with van der Waals surface area (Å²) in [6, 6.07) is 0.525. The minimum Gasteiger partial charge on any atom is -0.372 e. The normalized spacial score (nSPS) is 28.7. The molecule has 4 nitrogen and oxygen atoms in total. The number of rotatable bonds is 2. The molecule has 2 rings (SSSR count). The molecular formula is C11H20IN3O. The number of aliphatic imine (C=N–C) groups is 1. The third kappa shape index (κ3) is 4.29. The first-order valence-electron chi connectivity index (χ1n) is 5.66. The summed E-state index contributed by atoms with van der Waals surface area (Å²) < 4.78 is 5.56. The zero-order chi connectivity index (χ0) is 10.5. The van der Waals surface area contributed by atoms with Gasteiger partial charge in [-0.15, -0.1) is 24.0 Å². The summed E-state index contributed by atoms with van der Waals surface area (Å²) in [5, 5.41) is 6.62. The molecule has 2 aliphatic rings. The van der Waals surface area contributed by atoms with Crippen LogP contribution in [0.5, 0.6) is 0 Å².